The van der Waals surface area contributed by atoms with Crippen LogP contribution in [0, 0.1) is 0 Å². The number of nitrogens with zero attached hydrogens (tertiary/aromatic N) is 3. The van der Waals surface area contributed by atoms with Crippen LogP contribution in [0.3, 0.4) is 0 Å². The number of imidazole rings is 1. The molecule has 6 heteroatoms. The number of aromatic amines is 1. The van der Waals surface area contributed by atoms with Crippen LogP contribution >= 0.6 is 0 Å². The van der Waals surface area contributed by atoms with Gasteiger partial charge in [-0.05, 0) is 61.8 Å². The number of fused-ring (bicyclic) bond motifs is 3. The Labute approximate surface area is 182 Å². The number of ether oxygens (including phenoxy) is 1. The number of benzene rings is 2. The molecule has 0 bridgehead atoms. The van der Waals surface area contributed by atoms with Crippen molar-refractivity contribution in [3.63, 3.8) is 0 Å². The van der Waals surface area contributed by atoms with Crippen LogP contribution in [0.1, 0.15) is 31.9 Å². The molecule has 0 spiro atoms. The van der Waals surface area contributed by atoms with E-state index in [9.17, 15) is 4.79 Å². The van der Waals surface area contributed by atoms with Gasteiger partial charge in [0.2, 0.25) is 0 Å². The summed E-state index contributed by atoms with van der Waals surface area (Å²) in [7, 11) is 5.92. The number of rotatable bonds is 7. The molecule has 0 radical (unpaired) electrons. The zero-order valence-corrected chi connectivity index (χ0v) is 18.9. The second-order valence-corrected chi connectivity index (χ2v) is 8.63. The molecule has 0 saturated heterocycles. The van der Waals surface area contributed by atoms with E-state index >= 15 is 0 Å². The summed E-state index contributed by atoms with van der Waals surface area (Å²) >= 11 is 0. The Morgan fingerprint density at radius 1 is 1.10 bits per heavy atom. The smallest absolute Gasteiger partial charge is 0.326 e. The molecule has 0 aliphatic carbocycles. The summed E-state index contributed by atoms with van der Waals surface area (Å²) in [6, 6.07) is 14.4. The first-order chi connectivity index (χ1) is 14.8. The summed E-state index contributed by atoms with van der Waals surface area (Å²) in [5.41, 5.74) is 5.62. The van der Waals surface area contributed by atoms with Gasteiger partial charge < -0.3 is 14.6 Å². The molecule has 2 aromatic carbocycles. The highest BCUT2D eigenvalue weighted by atomic mass is 16.5. The van der Waals surface area contributed by atoms with Crippen LogP contribution in [0.2, 0.25) is 0 Å². The van der Waals surface area contributed by atoms with Crippen molar-refractivity contribution in [2.75, 3.05) is 27.2 Å². The molecule has 0 aliphatic heterocycles. The Balaban J connectivity index is 1.68. The Bertz CT molecular complexity index is 1270. The lowest BCUT2D eigenvalue weighted by Crippen LogP contribution is -2.15. The van der Waals surface area contributed by atoms with E-state index in [1.54, 1.807) is 11.6 Å². The van der Waals surface area contributed by atoms with Crippen molar-refractivity contribution in [1.29, 1.82) is 0 Å². The second-order valence-electron chi connectivity index (χ2n) is 8.63. The van der Waals surface area contributed by atoms with E-state index in [-0.39, 0.29) is 11.6 Å². The monoisotopic (exact) mass is 418 g/mol. The van der Waals surface area contributed by atoms with Gasteiger partial charge in [0.25, 0.3) is 0 Å². The Hall–Kier alpha value is -3.12. The highest BCUT2D eigenvalue weighted by Crippen LogP contribution is 2.32. The van der Waals surface area contributed by atoms with Gasteiger partial charge in [-0.15, -0.1) is 0 Å². The van der Waals surface area contributed by atoms with Crippen LogP contribution in [0.5, 0.6) is 5.75 Å². The van der Waals surface area contributed by atoms with Crippen molar-refractivity contribution >= 4 is 21.9 Å². The van der Waals surface area contributed by atoms with Gasteiger partial charge in [-0.2, -0.15) is 0 Å². The van der Waals surface area contributed by atoms with E-state index in [1.807, 2.05) is 18.2 Å². The first-order valence-corrected chi connectivity index (χ1v) is 10.8. The van der Waals surface area contributed by atoms with Crippen molar-refractivity contribution in [1.82, 2.24) is 19.4 Å². The van der Waals surface area contributed by atoms with Gasteiger partial charge >= 0.3 is 5.69 Å². The summed E-state index contributed by atoms with van der Waals surface area (Å²) in [6.07, 6.45) is 0.996. The third kappa shape index (κ3) is 4.21. The fourth-order valence-electron chi connectivity index (χ4n) is 3.93. The predicted octanol–water partition coefficient (Wildman–Crippen LogP) is 4.54. The Kier molecular flexibility index (Phi) is 5.83. The van der Waals surface area contributed by atoms with E-state index in [4.69, 9.17) is 9.72 Å². The van der Waals surface area contributed by atoms with Crippen molar-refractivity contribution in [3.8, 4) is 16.9 Å². The zero-order valence-electron chi connectivity index (χ0n) is 18.9. The largest absolute Gasteiger partial charge is 0.494 e. The van der Waals surface area contributed by atoms with Gasteiger partial charge in [0.1, 0.15) is 5.75 Å². The lowest BCUT2D eigenvalue weighted by atomic mass is 10.0. The molecule has 0 saturated carbocycles. The molecule has 1 N–H and O–H groups in total. The average molecular weight is 419 g/mol. The second kappa shape index (κ2) is 8.55. The maximum absolute atomic E-state index is 12.4. The quantitative estimate of drug-likeness (QED) is 0.448. The minimum Gasteiger partial charge on any atom is -0.494 e. The summed E-state index contributed by atoms with van der Waals surface area (Å²) in [5, 5.41) is 0.957. The number of aryl methyl sites for hydroxylation is 1. The number of pyridine rings is 1. The van der Waals surface area contributed by atoms with E-state index in [2.05, 4.69) is 62.1 Å². The Morgan fingerprint density at radius 2 is 1.81 bits per heavy atom. The van der Waals surface area contributed by atoms with Crippen molar-refractivity contribution < 1.29 is 4.74 Å². The maximum Gasteiger partial charge on any atom is 0.326 e. The number of H-pyrrole nitrogens is 1. The highest BCUT2D eigenvalue weighted by molar-refractivity contribution is 6.04. The molecule has 2 heterocycles. The van der Waals surface area contributed by atoms with Crippen LogP contribution in [-0.2, 0) is 7.05 Å². The van der Waals surface area contributed by atoms with Crippen LogP contribution in [0.25, 0.3) is 33.1 Å². The van der Waals surface area contributed by atoms with Crippen LogP contribution in [0.4, 0.5) is 0 Å². The minimum atomic E-state index is -0.118. The zero-order chi connectivity index (χ0) is 22.1. The molecular formula is C25H30N4O2. The van der Waals surface area contributed by atoms with E-state index in [0.29, 0.717) is 6.61 Å². The lowest BCUT2D eigenvalue weighted by Gasteiger charge is -2.12. The number of hydrogen-bond donors (Lipinski definition) is 1. The molecule has 0 atom stereocenters. The fourth-order valence-corrected chi connectivity index (χ4v) is 3.93. The first kappa shape index (κ1) is 21.1. The molecule has 162 valence electrons. The van der Waals surface area contributed by atoms with Crippen LogP contribution < -0.4 is 10.4 Å². The maximum atomic E-state index is 12.4. The fraction of sp³-hybridized carbons (Fsp3) is 0.360. The number of nitrogens with one attached hydrogen (secondary N) is 1. The van der Waals surface area contributed by atoms with Crippen LogP contribution in [-0.4, -0.2) is 46.7 Å². The van der Waals surface area contributed by atoms with Gasteiger partial charge in [0.15, 0.2) is 0 Å². The average Bonchev–Trinajstić information content (AvgIpc) is 3.05. The van der Waals surface area contributed by atoms with Gasteiger partial charge in [-0.3, -0.25) is 9.55 Å². The summed E-state index contributed by atoms with van der Waals surface area (Å²) < 4.78 is 7.51. The number of aromatic nitrogens is 3. The normalized spacial score (nSPS) is 11.8. The van der Waals surface area contributed by atoms with E-state index in [0.717, 1.165) is 57.5 Å². The topological polar surface area (TPSA) is 63.1 Å². The SMILES string of the molecule is CC(C)c1nc2ccc(-c3ccc(OCCCN(C)C)cc3)cc2c2[nH]c(=O)n(C)c12. The van der Waals surface area contributed by atoms with E-state index in [1.165, 1.54) is 0 Å². The molecule has 0 aliphatic rings. The molecule has 4 aromatic rings. The minimum absolute atomic E-state index is 0.118. The summed E-state index contributed by atoms with van der Waals surface area (Å²) in [5.74, 6) is 1.10. The third-order valence-electron chi connectivity index (χ3n) is 5.61. The molecule has 2 aromatic heterocycles. The molecule has 0 amide bonds. The molecular weight excluding hydrogens is 388 g/mol. The van der Waals surface area contributed by atoms with Crippen molar-refractivity contribution in [2.24, 2.45) is 7.05 Å². The van der Waals surface area contributed by atoms with Crippen molar-refractivity contribution in [2.45, 2.75) is 26.2 Å². The molecule has 31 heavy (non-hydrogen) atoms. The first-order valence-electron chi connectivity index (χ1n) is 10.8. The van der Waals surface area contributed by atoms with Gasteiger partial charge in [0.05, 0.1) is 28.9 Å². The van der Waals surface area contributed by atoms with E-state index < -0.39 is 0 Å². The summed E-state index contributed by atoms with van der Waals surface area (Å²) in [6.45, 7) is 5.92. The summed E-state index contributed by atoms with van der Waals surface area (Å²) in [4.78, 5) is 22.4. The van der Waals surface area contributed by atoms with Crippen LogP contribution in [0.15, 0.2) is 47.3 Å². The standard InChI is InChI=1S/C25H30N4O2/c1-16(2)22-24-23(27-25(30)29(24)5)20-15-18(9-12-21(20)26-22)17-7-10-19(11-8-17)31-14-6-13-28(3)4/h7-12,15-16H,6,13-14H2,1-5H3,(H,27,30). The molecule has 0 fully saturated rings. The van der Waals surface area contributed by atoms with Gasteiger partial charge in [0, 0.05) is 19.0 Å². The van der Waals surface area contributed by atoms with Gasteiger partial charge in [-0.25, -0.2) is 4.79 Å². The lowest BCUT2D eigenvalue weighted by molar-refractivity contribution is 0.281. The van der Waals surface area contributed by atoms with Crippen molar-refractivity contribution in [3.05, 3.63) is 58.6 Å². The van der Waals surface area contributed by atoms with Gasteiger partial charge in [-0.1, -0.05) is 32.0 Å². The Morgan fingerprint density at radius 3 is 2.48 bits per heavy atom. The molecule has 0 unspecified atom stereocenters. The predicted molar refractivity (Wildman–Crippen MR) is 127 cm³/mol. The molecule has 6 nitrogen and oxygen atoms in total. The third-order valence-corrected chi connectivity index (χ3v) is 5.61. The number of hydrogen-bond acceptors (Lipinski definition) is 4. The molecule has 4 rings (SSSR count). The highest BCUT2D eigenvalue weighted by Gasteiger charge is 2.17.